The SMILES string of the molecule is O=C(NO)c1ccc2c(c1)CCN(C(=O)Nc1ccc3c(c1)OCO3)C2. The molecule has 2 aliphatic rings. The van der Waals surface area contributed by atoms with Gasteiger partial charge in [-0.15, -0.1) is 0 Å². The molecule has 0 bridgehead atoms. The van der Waals surface area contributed by atoms with E-state index in [9.17, 15) is 9.59 Å². The Morgan fingerprint density at radius 3 is 2.73 bits per heavy atom. The van der Waals surface area contributed by atoms with Crippen LogP contribution in [0.5, 0.6) is 11.5 Å². The van der Waals surface area contributed by atoms with Gasteiger partial charge in [0.1, 0.15) is 0 Å². The maximum Gasteiger partial charge on any atom is 0.322 e. The van der Waals surface area contributed by atoms with Gasteiger partial charge in [-0.25, -0.2) is 10.3 Å². The first-order valence-electron chi connectivity index (χ1n) is 8.16. The zero-order valence-corrected chi connectivity index (χ0v) is 13.8. The zero-order valence-electron chi connectivity index (χ0n) is 13.8. The van der Waals surface area contributed by atoms with Crippen molar-refractivity contribution in [1.82, 2.24) is 10.4 Å². The number of urea groups is 1. The summed E-state index contributed by atoms with van der Waals surface area (Å²) in [6, 6.07) is 10.2. The molecule has 4 rings (SSSR count). The summed E-state index contributed by atoms with van der Waals surface area (Å²) in [6.45, 7) is 1.17. The Hall–Kier alpha value is -3.26. The Labute approximate surface area is 149 Å². The maximum atomic E-state index is 12.5. The van der Waals surface area contributed by atoms with E-state index in [2.05, 4.69) is 5.32 Å². The summed E-state index contributed by atoms with van der Waals surface area (Å²) in [5.74, 6) is 0.731. The molecule has 26 heavy (non-hydrogen) atoms. The number of carbonyl (C=O) groups is 2. The lowest BCUT2D eigenvalue weighted by Gasteiger charge is -2.29. The van der Waals surface area contributed by atoms with Gasteiger partial charge in [0.15, 0.2) is 11.5 Å². The number of anilines is 1. The predicted molar refractivity (Wildman–Crippen MR) is 91.4 cm³/mol. The number of hydrogen-bond acceptors (Lipinski definition) is 5. The van der Waals surface area contributed by atoms with Crippen molar-refractivity contribution in [2.24, 2.45) is 0 Å². The second-order valence-electron chi connectivity index (χ2n) is 6.09. The van der Waals surface area contributed by atoms with Crippen LogP contribution in [0.25, 0.3) is 0 Å². The Morgan fingerprint density at radius 1 is 1.04 bits per heavy atom. The summed E-state index contributed by atoms with van der Waals surface area (Å²) in [7, 11) is 0. The van der Waals surface area contributed by atoms with Crippen molar-refractivity contribution in [3.05, 3.63) is 53.1 Å². The minimum Gasteiger partial charge on any atom is -0.454 e. The summed E-state index contributed by atoms with van der Waals surface area (Å²) >= 11 is 0. The first kappa shape index (κ1) is 16.2. The summed E-state index contributed by atoms with van der Waals surface area (Å²) in [6.07, 6.45) is 0.635. The standard InChI is InChI=1S/C18H17N3O5/c22-17(20-24)12-1-2-13-9-21(6-5-11(13)7-12)18(23)19-14-3-4-15-16(8-14)26-10-25-15/h1-4,7-8,24H,5-6,9-10H2,(H,19,23)(H,20,22). The summed E-state index contributed by atoms with van der Waals surface area (Å²) in [5.41, 5.74) is 4.64. The van der Waals surface area contributed by atoms with Crippen LogP contribution in [0.3, 0.4) is 0 Å². The number of ether oxygens (including phenoxy) is 2. The van der Waals surface area contributed by atoms with Gasteiger partial charge in [0.2, 0.25) is 6.79 Å². The third kappa shape index (κ3) is 3.02. The number of nitrogens with zero attached hydrogens (tertiary/aromatic N) is 1. The van der Waals surface area contributed by atoms with Crippen LogP contribution in [0.1, 0.15) is 21.5 Å². The Morgan fingerprint density at radius 2 is 1.88 bits per heavy atom. The highest BCUT2D eigenvalue weighted by molar-refractivity contribution is 5.93. The molecular formula is C18H17N3O5. The molecule has 0 radical (unpaired) electrons. The van der Waals surface area contributed by atoms with E-state index in [4.69, 9.17) is 14.7 Å². The Kier molecular flexibility index (Phi) is 4.10. The molecule has 8 nitrogen and oxygen atoms in total. The number of hydroxylamine groups is 1. The number of nitrogens with one attached hydrogen (secondary N) is 2. The maximum absolute atomic E-state index is 12.5. The van der Waals surface area contributed by atoms with Crippen LogP contribution in [0, 0.1) is 0 Å². The van der Waals surface area contributed by atoms with Gasteiger partial charge < -0.3 is 19.7 Å². The van der Waals surface area contributed by atoms with Crippen molar-refractivity contribution in [3.63, 3.8) is 0 Å². The van der Waals surface area contributed by atoms with Gasteiger partial charge >= 0.3 is 6.03 Å². The van der Waals surface area contributed by atoms with Crippen LogP contribution in [0.4, 0.5) is 10.5 Å². The fraction of sp³-hybridized carbons (Fsp3) is 0.222. The van der Waals surface area contributed by atoms with Gasteiger partial charge in [-0.2, -0.15) is 0 Å². The molecule has 2 heterocycles. The summed E-state index contributed by atoms with van der Waals surface area (Å²) in [4.78, 5) is 25.8. The average molecular weight is 355 g/mol. The molecule has 0 saturated heterocycles. The molecule has 2 aromatic rings. The molecule has 0 unspecified atom stereocenters. The van der Waals surface area contributed by atoms with E-state index >= 15 is 0 Å². The van der Waals surface area contributed by atoms with E-state index in [-0.39, 0.29) is 12.8 Å². The highest BCUT2D eigenvalue weighted by Gasteiger charge is 2.22. The van der Waals surface area contributed by atoms with Gasteiger partial charge in [0.25, 0.3) is 5.91 Å². The molecular weight excluding hydrogens is 338 g/mol. The van der Waals surface area contributed by atoms with Crippen molar-refractivity contribution in [2.75, 3.05) is 18.7 Å². The van der Waals surface area contributed by atoms with Crippen LogP contribution in [0.15, 0.2) is 36.4 Å². The second kappa shape index (κ2) is 6.57. The van der Waals surface area contributed by atoms with Crippen molar-refractivity contribution in [2.45, 2.75) is 13.0 Å². The zero-order chi connectivity index (χ0) is 18.1. The molecule has 2 aromatic carbocycles. The molecule has 0 aromatic heterocycles. The van der Waals surface area contributed by atoms with Crippen LogP contribution < -0.4 is 20.3 Å². The predicted octanol–water partition coefficient (Wildman–Crippen LogP) is 2.12. The highest BCUT2D eigenvalue weighted by atomic mass is 16.7. The van der Waals surface area contributed by atoms with Crippen LogP contribution in [-0.2, 0) is 13.0 Å². The van der Waals surface area contributed by atoms with Crippen LogP contribution in [0.2, 0.25) is 0 Å². The first-order valence-corrected chi connectivity index (χ1v) is 8.16. The molecule has 8 heteroatoms. The van der Waals surface area contributed by atoms with E-state index in [1.165, 1.54) is 0 Å². The van der Waals surface area contributed by atoms with Crippen molar-refractivity contribution >= 4 is 17.6 Å². The third-order valence-electron chi connectivity index (χ3n) is 4.49. The fourth-order valence-electron chi connectivity index (χ4n) is 3.11. The molecule has 0 aliphatic carbocycles. The van der Waals surface area contributed by atoms with Crippen LogP contribution >= 0.6 is 0 Å². The van der Waals surface area contributed by atoms with E-state index in [1.54, 1.807) is 46.8 Å². The largest absolute Gasteiger partial charge is 0.454 e. The molecule has 134 valence electrons. The minimum atomic E-state index is -0.546. The highest BCUT2D eigenvalue weighted by Crippen LogP contribution is 2.34. The van der Waals surface area contributed by atoms with Crippen LogP contribution in [-0.4, -0.2) is 35.4 Å². The topological polar surface area (TPSA) is 100 Å². The van der Waals surface area contributed by atoms with E-state index in [0.717, 1.165) is 11.1 Å². The number of fused-ring (bicyclic) bond motifs is 2. The van der Waals surface area contributed by atoms with Gasteiger partial charge in [-0.3, -0.25) is 10.0 Å². The van der Waals surface area contributed by atoms with Gasteiger partial charge in [0, 0.05) is 30.4 Å². The molecule has 0 spiro atoms. The Balaban J connectivity index is 1.45. The fourth-order valence-corrected chi connectivity index (χ4v) is 3.11. The Bertz CT molecular complexity index is 883. The lowest BCUT2D eigenvalue weighted by molar-refractivity contribution is 0.0706. The van der Waals surface area contributed by atoms with Gasteiger partial charge in [-0.05, 0) is 41.8 Å². The molecule has 3 amide bonds. The first-order chi connectivity index (χ1) is 12.6. The third-order valence-corrected chi connectivity index (χ3v) is 4.49. The van der Waals surface area contributed by atoms with E-state index in [1.807, 2.05) is 0 Å². The number of benzene rings is 2. The molecule has 2 aliphatic heterocycles. The average Bonchev–Trinajstić information content (AvgIpc) is 3.14. The van der Waals surface area contributed by atoms with Gasteiger partial charge in [-0.1, -0.05) is 6.07 Å². The van der Waals surface area contributed by atoms with E-state index < -0.39 is 5.91 Å². The summed E-state index contributed by atoms with van der Waals surface area (Å²) in [5, 5.41) is 11.6. The smallest absolute Gasteiger partial charge is 0.322 e. The minimum absolute atomic E-state index is 0.186. The summed E-state index contributed by atoms with van der Waals surface area (Å²) < 4.78 is 10.6. The molecule has 0 fully saturated rings. The van der Waals surface area contributed by atoms with Crippen molar-refractivity contribution < 1.29 is 24.3 Å². The number of carbonyl (C=O) groups excluding carboxylic acids is 2. The second-order valence-corrected chi connectivity index (χ2v) is 6.09. The van der Waals surface area contributed by atoms with Gasteiger partial charge in [0.05, 0.1) is 0 Å². The normalized spacial score (nSPS) is 14.6. The molecule has 0 atom stereocenters. The lowest BCUT2D eigenvalue weighted by atomic mass is 9.97. The number of rotatable bonds is 2. The monoisotopic (exact) mass is 355 g/mol. The molecule has 3 N–H and O–H groups in total. The van der Waals surface area contributed by atoms with Crippen molar-refractivity contribution in [3.8, 4) is 11.5 Å². The van der Waals surface area contributed by atoms with Crippen molar-refractivity contribution in [1.29, 1.82) is 0 Å². The number of hydrogen-bond donors (Lipinski definition) is 3. The lowest BCUT2D eigenvalue weighted by Crippen LogP contribution is -2.39. The van der Waals surface area contributed by atoms with E-state index in [0.29, 0.717) is 42.3 Å². The number of amides is 3. The quantitative estimate of drug-likeness (QED) is 0.566. The molecule has 0 saturated carbocycles.